The molecule has 0 spiro atoms. The Morgan fingerprint density at radius 3 is 3.18 bits per heavy atom. The van der Waals surface area contributed by atoms with Crippen molar-refractivity contribution in [3.05, 3.63) is 6.20 Å². The number of nitrogens with zero attached hydrogens (tertiary/aromatic N) is 2. The van der Waals surface area contributed by atoms with Crippen LogP contribution in [-0.2, 0) is 9.23 Å². The molecule has 1 aromatic rings. The van der Waals surface area contributed by atoms with Gasteiger partial charge >= 0.3 is 115 Å². The standard InChI is InChI=1S/C7H11N3O5S.Pb/c11-7(12)9-16(13,14)5-4-8-10-2-1-3-15-6(5)10;/h4,9,13-14H,1-3H2,(H,11,12);/q;+1/p-1. The van der Waals surface area contributed by atoms with Gasteiger partial charge in [0.1, 0.15) is 0 Å². The second kappa shape index (κ2) is 4.99. The first-order chi connectivity index (χ1) is 8.04. The van der Waals surface area contributed by atoms with Crippen molar-refractivity contribution in [1.29, 1.82) is 0 Å². The Kier molecular flexibility index (Phi) is 3.79. The quantitative estimate of drug-likeness (QED) is 0.561. The van der Waals surface area contributed by atoms with Gasteiger partial charge in [0.15, 0.2) is 0 Å². The number of carbonyl (C=O) groups excluding carboxylic acids is 1. The van der Waals surface area contributed by atoms with E-state index in [1.807, 2.05) is 4.72 Å². The van der Waals surface area contributed by atoms with Crippen LogP contribution in [0.25, 0.3) is 0 Å². The second-order valence-corrected chi connectivity index (χ2v) is 5.81. The molecular formula is C7H10N3O5PbS. The van der Waals surface area contributed by atoms with E-state index in [4.69, 9.17) is 4.74 Å². The maximum absolute atomic E-state index is 11.0. The van der Waals surface area contributed by atoms with E-state index in [-0.39, 0.29) is 37.0 Å². The maximum atomic E-state index is 11.0. The summed E-state index contributed by atoms with van der Waals surface area (Å²) in [5, 5.41) is 3.97. The Balaban J connectivity index is 2.26. The summed E-state index contributed by atoms with van der Waals surface area (Å²) < 4.78 is 33.0. The molecule has 1 aliphatic heterocycles. The van der Waals surface area contributed by atoms with Crippen LogP contribution in [0.4, 0.5) is 4.79 Å². The summed E-state index contributed by atoms with van der Waals surface area (Å²) in [6.45, 7) is 1.13. The van der Waals surface area contributed by atoms with E-state index in [0.29, 0.717) is 13.2 Å². The summed E-state index contributed by atoms with van der Waals surface area (Å²) in [7, 11) is -3.48. The monoisotopic (exact) mass is 456 g/mol. The van der Waals surface area contributed by atoms with Gasteiger partial charge in [-0.1, -0.05) is 0 Å². The van der Waals surface area contributed by atoms with Crippen molar-refractivity contribution in [2.24, 2.45) is 0 Å². The molecule has 3 N–H and O–H groups in total. The number of ether oxygens (including phenoxy) is 1. The molecule has 1 aromatic heterocycles. The molecule has 2 rings (SSSR count). The number of amides is 1. The molecule has 8 nitrogen and oxygen atoms in total. The number of nitrogens with one attached hydrogen (secondary N) is 1. The topological polar surface area (TPSA) is 106 Å². The van der Waals surface area contributed by atoms with Crippen molar-refractivity contribution in [3.8, 4) is 5.88 Å². The Bertz CT molecular complexity index is 437. The van der Waals surface area contributed by atoms with Gasteiger partial charge in [-0.2, -0.15) is 0 Å². The third kappa shape index (κ3) is 2.66. The molecule has 0 bridgehead atoms. The van der Waals surface area contributed by atoms with Crippen LogP contribution in [0.15, 0.2) is 11.1 Å². The van der Waals surface area contributed by atoms with E-state index in [0.717, 1.165) is 6.42 Å². The van der Waals surface area contributed by atoms with Gasteiger partial charge in [0.2, 0.25) is 0 Å². The minimum absolute atomic E-state index is 0.0734. The van der Waals surface area contributed by atoms with E-state index >= 15 is 0 Å². The molecule has 0 fully saturated rings. The molecule has 93 valence electrons. The van der Waals surface area contributed by atoms with Crippen molar-refractivity contribution in [1.82, 2.24) is 14.5 Å². The fourth-order valence-electron chi connectivity index (χ4n) is 1.43. The van der Waals surface area contributed by atoms with Crippen LogP contribution in [0, 0.1) is 0 Å². The van der Waals surface area contributed by atoms with E-state index in [2.05, 4.69) is 7.79 Å². The van der Waals surface area contributed by atoms with Crippen molar-refractivity contribution in [2.45, 2.75) is 17.9 Å². The van der Waals surface area contributed by atoms with Crippen LogP contribution in [0.5, 0.6) is 5.88 Å². The van der Waals surface area contributed by atoms with E-state index < -0.39 is 16.9 Å². The molecule has 0 saturated heterocycles. The molecule has 0 saturated carbocycles. The first-order valence-corrected chi connectivity index (χ1v) is 7.80. The predicted octanol–water partition coefficient (Wildman–Crippen LogP) is 0.500. The summed E-state index contributed by atoms with van der Waals surface area (Å²) in [6.07, 6.45) is 1.22. The summed E-state index contributed by atoms with van der Waals surface area (Å²) in [5.74, 6) is 0.282. The van der Waals surface area contributed by atoms with Gasteiger partial charge in [-0.25, -0.2) is 0 Å². The summed E-state index contributed by atoms with van der Waals surface area (Å²) in [5.41, 5.74) is 0. The zero-order valence-corrected chi connectivity index (χ0v) is 13.3. The molecular weight excluding hydrogens is 445 g/mol. The SMILES string of the molecule is O=C(NS(O)(O)c1cnn2c1OCCC2)[O][Pb]. The molecule has 17 heavy (non-hydrogen) atoms. The predicted molar refractivity (Wildman–Crippen MR) is 58.8 cm³/mol. The molecule has 2 heterocycles. The van der Waals surface area contributed by atoms with Crippen LogP contribution in [0.1, 0.15) is 6.42 Å². The van der Waals surface area contributed by atoms with Crippen LogP contribution in [0.3, 0.4) is 0 Å². The van der Waals surface area contributed by atoms with Gasteiger partial charge in [-0.05, 0) is 0 Å². The number of rotatable bonds is 2. The number of hydrogen-bond acceptors (Lipinski definition) is 6. The molecule has 3 radical (unpaired) electrons. The minimum atomic E-state index is -3.48. The van der Waals surface area contributed by atoms with Gasteiger partial charge in [-0.15, -0.1) is 0 Å². The van der Waals surface area contributed by atoms with Gasteiger partial charge in [0.25, 0.3) is 0 Å². The molecule has 0 atom stereocenters. The average Bonchev–Trinajstić information content (AvgIpc) is 2.72. The van der Waals surface area contributed by atoms with Gasteiger partial charge < -0.3 is 0 Å². The summed E-state index contributed by atoms with van der Waals surface area (Å²) in [4.78, 5) is 11.1. The van der Waals surface area contributed by atoms with Gasteiger partial charge in [0.05, 0.1) is 0 Å². The number of fused-ring (bicyclic) bond motifs is 1. The number of hydrogen-bond donors (Lipinski definition) is 3. The molecule has 0 aromatic carbocycles. The van der Waals surface area contributed by atoms with E-state index in [1.165, 1.54) is 10.9 Å². The molecule has 1 amide bonds. The first-order valence-electron chi connectivity index (χ1n) is 4.67. The van der Waals surface area contributed by atoms with Gasteiger partial charge in [0, 0.05) is 0 Å². The fourth-order valence-corrected chi connectivity index (χ4v) is 2.90. The fraction of sp³-hybridized carbons (Fsp3) is 0.429. The van der Waals surface area contributed by atoms with Crippen LogP contribution in [-0.4, -0.2) is 57.8 Å². The number of aromatic nitrogens is 2. The van der Waals surface area contributed by atoms with Gasteiger partial charge in [-0.3, -0.25) is 0 Å². The number of aryl methyl sites for hydroxylation is 1. The zero-order chi connectivity index (χ0) is 12.5. The molecule has 1 aliphatic rings. The van der Waals surface area contributed by atoms with Crippen molar-refractivity contribution >= 4 is 43.1 Å². The van der Waals surface area contributed by atoms with Crippen molar-refractivity contribution in [3.63, 3.8) is 0 Å². The Hall–Kier alpha value is -0.528. The normalized spacial score (nSPS) is 15.7. The second-order valence-electron chi connectivity index (χ2n) is 3.28. The van der Waals surface area contributed by atoms with E-state index in [1.54, 1.807) is 0 Å². The van der Waals surface area contributed by atoms with Crippen molar-refractivity contribution in [2.75, 3.05) is 6.61 Å². The third-order valence-corrected chi connectivity index (χ3v) is 4.20. The Labute approximate surface area is 115 Å². The van der Waals surface area contributed by atoms with Crippen LogP contribution >= 0.6 is 10.8 Å². The average molecular weight is 455 g/mol. The third-order valence-electron chi connectivity index (χ3n) is 2.14. The zero-order valence-electron chi connectivity index (χ0n) is 8.62. The van der Waals surface area contributed by atoms with Crippen molar-refractivity contribution < 1.29 is 21.3 Å². The number of carbonyl (C=O) groups is 1. The first kappa shape index (κ1) is 12.9. The van der Waals surface area contributed by atoms with E-state index in [9.17, 15) is 13.9 Å². The summed E-state index contributed by atoms with van der Waals surface area (Å²) in [6, 6.07) is 0. The summed E-state index contributed by atoms with van der Waals surface area (Å²) >= 11 is 0.172. The molecule has 0 unspecified atom stereocenters. The Morgan fingerprint density at radius 2 is 2.47 bits per heavy atom. The molecule has 0 aliphatic carbocycles. The molecule has 10 heteroatoms. The van der Waals surface area contributed by atoms with Crippen LogP contribution < -0.4 is 9.46 Å². The Morgan fingerprint density at radius 1 is 1.71 bits per heavy atom. The van der Waals surface area contributed by atoms with Crippen LogP contribution in [0.2, 0.25) is 0 Å².